The third kappa shape index (κ3) is 7.22. The molecule has 0 aromatic heterocycles. The minimum Gasteiger partial charge on any atom is -0.334 e. The van der Waals surface area contributed by atoms with Crippen LogP contribution in [0.5, 0.6) is 0 Å². The monoisotopic (exact) mass is 366 g/mol. The van der Waals surface area contributed by atoms with Crippen LogP contribution >= 0.6 is 0 Å². The van der Waals surface area contributed by atoms with Crippen LogP contribution in [0, 0.1) is 18.4 Å². The summed E-state index contributed by atoms with van der Waals surface area (Å²) in [7, 11) is -3.54. The van der Waals surface area contributed by atoms with E-state index in [-0.39, 0.29) is 13.1 Å². The van der Waals surface area contributed by atoms with Gasteiger partial charge in [-0.15, -0.1) is 0 Å². The average molecular weight is 366 g/mol. The Morgan fingerprint density at radius 2 is 2.04 bits per heavy atom. The number of rotatable bonds is 7. The molecule has 25 heavy (non-hydrogen) atoms. The van der Waals surface area contributed by atoms with Crippen molar-refractivity contribution in [3.63, 3.8) is 0 Å². The van der Waals surface area contributed by atoms with Crippen molar-refractivity contribution in [1.29, 1.82) is 5.26 Å². The van der Waals surface area contributed by atoms with Gasteiger partial charge in [0, 0.05) is 19.3 Å². The standard InChI is InChI=1S/C16H22N4O4S/c1-4-20(11-17)15(21)14(10-25(3,23)24)19-16(22)18-9-13-7-5-6-12(2)8-13/h5-8,14H,4,9-10H2,1-3H3,(H2,18,19,22). The molecule has 0 aliphatic rings. The molecule has 0 fully saturated rings. The number of aryl methyl sites for hydroxylation is 1. The van der Waals surface area contributed by atoms with Gasteiger partial charge in [0.25, 0.3) is 5.91 Å². The van der Waals surface area contributed by atoms with Gasteiger partial charge in [-0.2, -0.15) is 5.26 Å². The topological polar surface area (TPSA) is 119 Å². The molecule has 0 aliphatic heterocycles. The predicted molar refractivity (Wildman–Crippen MR) is 93.0 cm³/mol. The van der Waals surface area contributed by atoms with E-state index >= 15 is 0 Å². The molecule has 9 heteroatoms. The van der Waals surface area contributed by atoms with Gasteiger partial charge in [-0.3, -0.25) is 4.79 Å². The molecule has 136 valence electrons. The summed E-state index contributed by atoms with van der Waals surface area (Å²) in [5.41, 5.74) is 1.91. The van der Waals surface area contributed by atoms with Crippen LogP contribution in [-0.4, -0.2) is 49.9 Å². The molecule has 0 bridgehead atoms. The van der Waals surface area contributed by atoms with Gasteiger partial charge >= 0.3 is 6.03 Å². The van der Waals surface area contributed by atoms with Crippen molar-refractivity contribution in [3.8, 4) is 6.19 Å². The number of likely N-dealkylation sites (N-methyl/N-ethyl adjacent to an activating group) is 1. The first kappa shape index (κ1) is 20.4. The summed E-state index contributed by atoms with van der Waals surface area (Å²) in [5.74, 6) is -1.34. The maximum absolute atomic E-state index is 12.2. The third-order valence-corrected chi connectivity index (χ3v) is 4.25. The second kappa shape index (κ2) is 9.03. The molecule has 0 saturated heterocycles. The molecular formula is C16H22N4O4S. The number of hydrogen-bond donors (Lipinski definition) is 2. The maximum atomic E-state index is 12.2. The number of amides is 3. The van der Waals surface area contributed by atoms with Crippen LogP contribution in [0.3, 0.4) is 0 Å². The van der Waals surface area contributed by atoms with E-state index in [1.165, 1.54) is 0 Å². The Morgan fingerprint density at radius 1 is 1.36 bits per heavy atom. The fourth-order valence-corrected chi connectivity index (χ4v) is 2.99. The van der Waals surface area contributed by atoms with Gasteiger partial charge in [0.1, 0.15) is 15.9 Å². The molecule has 1 unspecified atom stereocenters. The van der Waals surface area contributed by atoms with E-state index in [9.17, 15) is 18.0 Å². The lowest BCUT2D eigenvalue weighted by Crippen LogP contribution is -2.53. The summed E-state index contributed by atoms with van der Waals surface area (Å²) in [6, 6.07) is 5.50. The highest BCUT2D eigenvalue weighted by atomic mass is 32.2. The van der Waals surface area contributed by atoms with Crippen molar-refractivity contribution in [3.05, 3.63) is 35.4 Å². The molecule has 3 amide bonds. The number of carbonyl (C=O) groups excluding carboxylic acids is 2. The Balaban J connectivity index is 2.77. The van der Waals surface area contributed by atoms with Crippen LogP contribution < -0.4 is 10.6 Å². The zero-order valence-electron chi connectivity index (χ0n) is 14.4. The largest absolute Gasteiger partial charge is 0.334 e. The van der Waals surface area contributed by atoms with Crippen molar-refractivity contribution in [2.24, 2.45) is 0 Å². The zero-order chi connectivity index (χ0) is 19.0. The molecule has 0 spiro atoms. The smallest absolute Gasteiger partial charge is 0.315 e. The summed E-state index contributed by atoms with van der Waals surface area (Å²) in [5, 5.41) is 13.8. The van der Waals surface area contributed by atoms with Crippen molar-refractivity contribution in [2.75, 3.05) is 18.6 Å². The molecule has 2 N–H and O–H groups in total. The van der Waals surface area contributed by atoms with E-state index in [1.54, 1.807) is 13.1 Å². The second-order valence-corrected chi connectivity index (χ2v) is 7.83. The number of carbonyl (C=O) groups is 2. The van der Waals surface area contributed by atoms with Crippen molar-refractivity contribution in [1.82, 2.24) is 15.5 Å². The molecule has 1 rings (SSSR count). The number of benzene rings is 1. The predicted octanol–water partition coefficient (Wildman–Crippen LogP) is 0.537. The molecule has 0 radical (unpaired) electrons. The molecule has 0 saturated carbocycles. The molecule has 1 atom stereocenters. The lowest BCUT2D eigenvalue weighted by atomic mass is 10.1. The van der Waals surface area contributed by atoms with Crippen molar-refractivity contribution >= 4 is 21.8 Å². The van der Waals surface area contributed by atoms with Gasteiger partial charge in [0.05, 0.1) is 5.75 Å². The lowest BCUT2D eigenvalue weighted by Gasteiger charge is -2.21. The number of sulfone groups is 1. The van der Waals surface area contributed by atoms with Gasteiger partial charge in [-0.05, 0) is 19.4 Å². The van der Waals surface area contributed by atoms with Gasteiger partial charge in [-0.25, -0.2) is 18.1 Å². The SMILES string of the molecule is CCN(C#N)C(=O)C(CS(C)(=O)=O)NC(=O)NCc1cccc(C)c1. The minimum atomic E-state index is -3.54. The van der Waals surface area contributed by atoms with Crippen molar-refractivity contribution < 1.29 is 18.0 Å². The van der Waals surface area contributed by atoms with Crippen LogP contribution in [0.2, 0.25) is 0 Å². The highest BCUT2D eigenvalue weighted by Crippen LogP contribution is 2.03. The van der Waals surface area contributed by atoms with Gasteiger partial charge < -0.3 is 10.6 Å². The zero-order valence-corrected chi connectivity index (χ0v) is 15.3. The third-order valence-electron chi connectivity index (χ3n) is 3.31. The Morgan fingerprint density at radius 3 is 2.56 bits per heavy atom. The first-order valence-electron chi connectivity index (χ1n) is 7.65. The molecule has 1 aromatic carbocycles. The number of nitriles is 1. The first-order chi connectivity index (χ1) is 11.7. The maximum Gasteiger partial charge on any atom is 0.315 e. The molecular weight excluding hydrogens is 344 g/mol. The van der Waals surface area contributed by atoms with E-state index in [0.717, 1.165) is 22.3 Å². The Labute approximate surface area is 147 Å². The van der Waals surface area contributed by atoms with Gasteiger partial charge in [0.15, 0.2) is 6.19 Å². The summed E-state index contributed by atoms with van der Waals surface area (Å²) in [6.07, 6.45) is 2.63. The van der Waals surface area contributed by atoms with E-state index in [2.05, 4.69) is 10.6 Å². The number of nitrogens with zero attached hydrogens (tertiary/aromatic N) is 2. The Bertz CT molecular complexity index is 771. The Kier molecular flexibility index (Phi) is 7.39. The molecule has 8 nitrogen and oxygen atoms in total. The van der Waals surface area contributed by atoms with E-state index in [0.29, 0.717) is 0 Å². The molecule has 0 aliphatic carbocycles. The quantitative estimate of drug-likeness (QED) is 0.539. The Hall–Kier alpha value is -2.60. The number of hydrogen-bond acceptors (Lipinski definition) is 5. The average Bonchev–Trinajstić information content (AvgIpc) is 2.52. The first-order valence-corrected chi connectivity index (χ1v) is 9.71. The highest BCUT2D eigenvalue weighted by molar-refractivity contribution is 7.90. The van der Waals surface area contributed by atoms with Gasteiger partial charge in [0.2, 0.25) is 0 Å². The fourth-order valence-electron chi connectivity index (χ4n) is 2.16. The molecule has 0 heterocycles. The highest BCUT2D eigenvalue weighted by Gasteiger charge is 2.28. The normalized spacial score (nSPS) is 11.9. The van der Waals surface area contributed by atoms with Crippen LogP contribution in [-0.2, 0) is 21.2 Å². The fraction of sp³-hybridized carbons (Fsp3) is 0.438. The summed E-state index contributed by atoms with van der Waals surface area (Å²) >= 11 is 0. The summed E-state index contributed by atoms with van der Waals surface area (Å²) in [4.78, 5) is 25.1. The summed E-state index contributed by atoms with van der Waals surface area (Å²) < 4.78 is 23.0. The van der Waals surface area contributed by atoms with E-state index < -0.39 is 33.6 Å². The summed E-state index contributed by atoms with van der Waals surface area (Å²) in [6.45, 7) is 3.81. The van der Waals surface area contributed by atoms with E-state index in [1.807, 2.05) is 31.2 Å². The molecule has 1 aromatic rings. The van der Waals surface area contributed by atoms with Crippen LogP contribution in [0.15, 0.2) is 24.3 Å². The van der Waals surface area contributed by atoms with E-state index in [4.69, 9.17) is 5.26 Å². The van der Waals surface area contributed by atoms with Crippen molar-refractivity contribution in [2.45, 2.75) is 26.4 Å². The van der Waals surface area contributed by atoms with Gasteiger partial charge in [-0.1, -0.05) is 29.8 Å². The number of nitrogens with one attached hydrogen (secondary N) is 2. The van der Waals surface area contributed by atoms with Crippen LogP contribution in [0.4, 0.5) is 4.79 Å². The minimum absolute atomic E-state index is 0.0855. The van der Waals surface area contributed by atoms with Crippen LogP contribution in [0.1, 0.15) is 18.1 Å². The number of urea groups is 1. The lowest BCUT2D eigenvalue weighted by molar-refractivity contribution is -0.129. The van der Waals surface area contributed by atoms with Crippen LogP contribution in [0.25, 0.3) is 0 Å². The second-order valence-electron chi connectivity index (χ2n) is 5.64.